The number of thioether (sulfide) groups is 1. The van der Waals surface area contributed by atoms with Gasteiger partial charge in [-0.2, -0.15) is 11.8 Å². The molecule has 770 valence electrons. The van der Waals surface area contributed by atoms with Crippen LogP contribution in [0.5, 0.6) is 0 Å². The predicted molar refractivity (Wildman–Crippen MR) is 476 cm³/mol. The first kappa shape index (κ1) is 122. The number of aliphatic carboxylic acids is 3. The molecule has 1 fully saturated rings. The topological polar surface area (TPSA) is 867 Å². The van der Waals surface area contributed by atoms with Crippen molar-refractivity contribution in [2.45, 2.75) is 294 Å². The highest BCUT2D eigenvalue weighted by Crippen LogP contribution is 2.21. The molecule has 1 saturated heterocycles. The Bertz CT molecular complexity index is 4160. The number of primary amides is 1. The number of carboxylic acids is 3. The molecule has 23 atom stereocenters. The van der Waals surface area contributed by atoms with Crippen LogP contribution in [-0.2, 0) is 110 Å². The number of nitrogens with one attached hydrogen (secondary N) is 18. The van der Waals surface area contributed by atoms with E-state index in [-0.39, 0.29) is 38.0 Å². The number of aliphatic hydroxyl groups is 7. The van der Waals surface area contributed by atoms with Gasteiger partial charge in [0.2, 0.25) is 118 Å². The van der Waals surface area contributed by atoms with E-state index in [2.05, 4.69) is 95.7 Å². The van der Waals surface area contributed by atoms with Crippen LogP contribution in [0.15, 0.2) is 0 Å². The van der Waals surface area contributed by atoms with Gasteiger partial charge in [-0.3, -0.25) is 105 Å². The smallest absolute Gasteiger partial charge is 0.328 e. The third-order valence-electron chi connectivity index (χ3n) is 21.1. The second-order valence-electron chi connectivity index (χ2n) is 33.8. The molecule has 0 radical (unpaired) electrons. The zero-order chi connectivity index (χ0) is 104. The highest BCUT2D eigenvalue weighted by atomic mass is 32.2. The number of nitrogens with two attached hydrogens (primary N) is 2. The minimum atomic E-state index is -2.01. The molecule has 0 saturated carbocycles. The minimum Gasteiger partial charge on any atom is -0.481 e. The third-order valence-corrected chi connectivity index (χ3v) is 21.7. The molecule has 1 rings (SSSR count). The highest BCUT2D eigenvalue weighted by molar-refractivity contribution is 7.98. The van der Waals surface area contributed by atoms with Gasteiger partial charge in [-0.15, -0.1) is 0 Å². The Kier molecular flexibility index (Phi) is 54.1. The molecule has 0 bridgehead atoms. The number of aliphatic hydroxyl groups excluding tert-OH is 7. The second-order valence-corrected chi connectivity index (χ2v) is 34.8. The molecule has 32 N–H and O–H groups in total. The Labute approximate surface area is 787 Å². The summed E-state index contributed by atoms with van der Waals surface area (Å²) >= 11 is 1.21. The predicted octanol–water partition coefficient (Wildman–Crippen LogP) is -13.3. The molecule has 20 amide bonds. The molecule has 0 aromatic carbocycles. The number of hydrogen-bond donors (Lipinski definition) is 30. The average Bonchev–Trinajstić information content (AvgIpc) is 1.68. The van der Waals surface area contributed by atoms with Crippen LogP contribution >= 0.6 is 11.8 Å². The number of carboxylic acid groups (broad SMARTS) is 3. The monoisotopic (exact) mass is 1960 g/mol. The Hall–Kier alpha value is -12.2. The first-order valence-electron chi connectivity index (χ1n) is 43.8. The van der Waals surface area contributed by atoms with Crippen molar-refractivity contribution in [2.75, 3.05) is 51.5 Å². The molecule has 0 aromatic rings. The van der Waals surface area contributed by atoms with Crippen LogP contribution < -0.4 is 107 Å². The van der Waals surface area contributed by atoms with Crippen molar-refractivity contribution >= 4 is 148 Å². The molecule has 1 heterocycles. The molecule has 0 unspecified atom stereocenters. The Balaban J connectivity index is 3.24. The lowest BCUT2D eigenvalue weighted by molar-refractivity contribution is -0.145. The second kappa shape index (κ2) is 60.3. The van der Waals surface area contributed by atoms with E-state index in [1.807, 2.05) is 0 Å². The van der Waals surface area contributed by atoms with Crippen molar-refractivity contribution < 1.29 is 161 Å². The van der Waals surface area contributed by atoms with E-state index < -0.39 is 358 Å². The van der Waals surface area contributed by atoms with Crippen molar-refractivity contribution in [1.82, 2.24) is 101 Å². The van der Waals surface area contributed by atoms with Crippen molar-refractivity contribution in [2.24, 2.45) is 35.1 Å². The fraction of sp³-hybridized carbons (Fsp3) is 0.716. The van der Waals surface area contributed by atoms with Crippen LogP contribution in [-0.4, -0.2) is 377 Å². The van der Waals surface area contributed by atoms with E-state index in [9.17, 15) is 161 Å². The number of amides is 20. The van der Waals surface area contributed by atoms with E-state index in [1.54, 1.807) is 34.0 Å². The van der Waals surface area contributed by atoms with Crippen molar-refractivity contribution in [3.8, 4) is 0 Å². The zero-order valence-corrected chi connectivity index (χ0v) is 79.2. The molecular formula is C81H137N21O33S. The van der Waals surface area contributed by atoms with E-state index in [0.717, 1.165) is 39.5 Å². The van der Waals surface area contributed by atoms with Gasteiger partial charge in [-0.05, 0) is 116 Å². The van der Waals surface area contributed by atoms with Gasteiger partial charge in [0.1, 0.15) is 103 Å². The van der Waals surface area contributed by atoms with Gasteiger partial charge in [-0.1, -0.05) is 61.8 Å². The van der Waals surface area contributed by atoms with Crippen molar-refractivity contribution in [3.05, 3.63) is 0 Å². The number of carbonyl (C=O) groups is 23. The fourth-order valence-corrected chi connectivity index (χ4v) is 13.4. The number of rotatable bonds is 62. The van der Waals surface area contributed by atoms with Gasteiger partial charge in [0.05, 0.1) is 63.7 Å². The lowest BCUT2D eigenvalue weighted by atomic mass is 9.97. The summed E-state index contributed by atoms with van der Waals surface area (Å²) in [6.07, 6.45) is -7.11. The molecule has 1 aliphatic rings. The van der Waals surface area contributed by atoms with Crippen LogP contribution in [0.1, 0.15) is 161 Å². The van der Waals surface area contributed by atoms with Gasteiger partial charge in [0.25, 0.3) is 0 Å². The van der Waals surface area contributed by atoms with E-state index >= 15 is 0 Å². The van der Waals surface area contributed by atoms with Crippen LogP contribution in [0, 0.1) is 23.7 Å². The summed E-state index contributed by atoms with van der Waals surface area (Å²) in [7, 11) is 0. The maximum absolute atomic E-state index is 14.2. The maximum atomic E-state index is 14.2. The third kappa shape index (κ3) is 41.6. The summed E-state index contributed by atoms with van der Waals surface area (Å²) in [5, 5.41) is 142. The van der Waals surface area contributed by atoms with Crippen molar-refractivity contribution in [3.63, 3.8) is 0 Å². The Morgan fingerprint density at radius 2 is 0.743 bits per heavy atom. The average molecular weight is 1970 g/mol. The van der Waals surface area contributed by atoms with E-state index in [4.69, 9.17) is 11.5 Å². The molecule has 1 aliphatic heterocycles. The van der Waals surface area contributed by atoms with Gasteiger partial charge < -0.3 is 163 Å². The maximum Gasteiger partial charge on any atom is 0.328 e. The first-order valence-corrected chi connectivity index (χ1v) is 45.2. The lowest BCUT2D eigenvalue weighted by Gasteiger charge is -2.30. The lowest BCUT2D eigenvalue weighted by Crippen LogP contribution is -2.62. The molecular weight excluding hydrogens is 1830 g/mol. The van der Waals surface area contributed by atoms with Gasteiger partial charge >= 0.3 is 17.9 Å². The summed E-state index contributed by atoms with van der Waals surface area (Å²) in [6, 6.07) is -32.0. The quantitative estimate of drug-likeness (QED) is 0.0269. The summed E-state index contributed by atoms with van der Waals surface area (Å²) in [5.74, 6) is -29.5. The fourth-order valence-electron chi connectivity index (χ4n) is 12.9. The number of hydrogen-bond acceptors (Lipinski definition) is 32. The molecule has 55 heteroatoms. The largest absolute Gasteiger partial charge is 0.481 e. The molecule has 54 nitrogen and oxygen atoms in total. The molecule has 0 aromatic heterocycles. The molecule has 136 heavy (non-hydrogen) atoms. The van der Waals surface area contributed by atoms with Crippen LogP contribution in [0.3, 0.4) is 0 Å². The normalized spacial score (nSPS) is 17.2. The first-order chi connectivity index (χ1) is 63.4. The standard InChI is InChI=1S/C81H137N21O33S/c1-16-36(8)59(98-63(116)37(9)82)77(130)89-44(20-22-55(112)113)66(119)88-45(23-25-136-15)68(121)99-60(40(12)107)78(131)90-43(19-21-53(83)110)67(120)95-51(32-106)80(133)102-24-17-18-52(102)74(127)94-49(30-104)72(125)93-48(29-103)71(124)91-46(26-33(2)3)69(122)86-38(10)64(117)85-39(11)65(118)92-50(31-105)73(126)96-57(34(4)5)75(128)84-28-54(111)87-47(27-56(114)115)70(123)100-61(41(13)108)79(132)97-58(35(6)7)76(129)101-62(42(14)109)81(134)135/h33-52,57-62,103-109H,16-32,82H2,1-15H3,(H2,83,110)(H,84,128)(H,85,117)(H,86,122)(H,87,111)(H,88,119)(H,89,130)(H,90,131)(H,91,124)(H,92,118)(H,93,125)(H,94,127)(H,95,120)(H,96,126)(H,97,132)(H,98,116)(H,99,121)(H,100,123)(H,101,129)(H,112,113)(H,114,115)(H,134,135)/t36-,37-,38-,39-,40+,41+,42+,43-,44-,45-,46-,47-,48-,49-,50-,51-,52-,57-,58-,59-,60-,61-,62-/m0/s1. The number of nitrogens with zero attached hydrogens (tertiary/aromatic N) is 1. The summed E-state index contributed by atoms with van der Waals surface area (Å²) < 4.78 is 0. The molecule has 0 spiro atoms. The van der Waals surface area contributed by atoms with E-state index in [0.29, 0.717) is 6.42 Å². The van der Waals surface area contributed by atoms with Gasteiger partial charge in [0, 0.05) is 19.4 Å². The van der Waals surface area contributed by atoms with Gasteiger partial charge in [-0.25, -0.2) is 4.79 Å². The van der Waals surface area contributed by atoms with E-state index in [1.165, 1.54) is 46.4 Å². The van der Waals surface area contributed by atoms with Crippen LogP contribution in [0.4, 0.5) is 0 Å². The number of likely N-dealkylation sites (tertiary alicyclic amines) is 1. The Morgan fingerprint density at radius 1 is 0.382 bits per heavy atom. The minimum absolute atomic E-state index is 0.0801. The summed E-state index contributed by atoms with van der Waals surface area (Å²) in [6.45, 7) is 13.2. The Morgan fingerprint density at radius 3 is 1.19 bits per heavy atom. The molecule has 0 aliphatic carbocycles. The van der Waals surface area contributed by atoms with Crippen LogP contribution in [0.25, 0.3) is 0 Å². The zero-order valence-electron chi connectivity index (χ0n) is 78.4. The number of carbonyl (C=O) groups excluding carboxylic acids is 20. The van der Waals surface area contributed by atoms with Gasteiger partial charge in [0.15, 0.2) is 6.04 Å². The summed E-state index contributed by atoms with van der Waals surface area (Å²) in [4.78, 5) is 307. The van der Waals surface area contributed by atoms with Crippen LogP contribution in [0.2, 0.25) is 0 Å². The highest BCUT2D eigenvalue weighted by Gasteiger charge is 2.44. The summed E-state index contributed by atoms with van der Waals surface area (Å²) in [5.41, 5.74) is 11.1. The SMILES string of the molecule is CC[C@H](C)[C@H](NC(=O)[C@H](C)N)C(=O)N[C@@H](CCC(=O)O)C(=O)N[C@@H](CCSC)C(=O)N[C@H](C(=O)N[C@@H](CCC(N)=O)C(=O)N[C@@H](CO)C(=O)N1CCC[C@H]1C(=O)N[C@@H](CO)C(=O)N[C@@H](CO)C(=O)N[C@@H](CC(C)C)C(=O)N[C@@H](C)C(=O)N[C@@H](C)C(=O)N[C@@H](CO)C(=O)N[C@H](C(=O)NCC(=O)N[C@@H](CC(=O)O)C(=O)N[C@H](C(=O)N[C@H](C(=O)N[C@H](C(=O)O)[C@@H](C)O)C(C)C)[C@@H](C)O)C(C)C)[C@@H](C)O. The van der Waals surface area contributed by atoms with Crippen molar-refractivity contribution in [1.29, 1.82) is 0 Å².